The Labute approximate surface area is 183 Å². The molecule has 1 amide bonds. The lowest BCUT2D eigenvalue weighted by atomic mass is 10.0. The van der Waals surface area contributed by atoms with Crippen molar-refractivity contribution in [1.82, 2.24) is 4.90 Å². The maximum atomic E-state index is 12.2. The minimum atomic E-state index is 0.184. The number of amides is 1. The van der Waals surface area contributed by atoms with Gasteiger partial charge in [-0.2, -0.15) is 0 Å². The predicted octanol–water partition coefficient (Wildman–Crippen LogP) is 5.93. The van der Waals surface area contributed by atoms with E-state index in [9.17, 15) is 4.79 Å². The van der Waals surface area contributed by atoms with Crippen LogP contribution < -0.4 is 9.47 Å². The van der Waals surface area contributed by atoms with Gasteiger partial charge in [0.05, 0.1) is 0 Å². The minimum absolute atomic E-state index is 0.184. The van der Waals surface area contributed by atoms with Crippen LogP contribution in [0, 0.1) is 5.92 Å². The molecule has 0 bridgehead atoms. The Morgan fingerprint density at radius 1 is 0.677 bits per heavy atom. The number of para-hydroxylation sites is 1. The molecule has 2 aliphatic rings. The van der Waals surface area contributed by atoms with Crippen LogP contribution in [0.4, 0.5) is 0 Å². The zero-order valence-electron chi connectivity index (χ0n) is 17.6. The first-order valence-electron chi connectivity index (χ1n) is 11.1. The van der Waals surface area contributed by atoms with Gasteiger partial charge in [-0.3, -0.25) is 4.79 Å². The van der Waals surface area contributed by atoms with Gasteiger partial charge in [0.25, 0.3) is 0 Å². The third kappa shape index (κ3) is 4.91. The Kier molecular flexibility index (Phi) is 5.61. The van der Waals surface area contributed by atoms with Crippen molar-refractivity contribution in [3.8, 4) is 28.4 Å². The molecule has 1 aliphatic carbocycles. The van der Waals surface area contributed by atoms with E-state index in [2.05, 4.69) is 24.3 Å². The highest BCUT2D eigenvalue weighted by molar-refractivity contribution is 5.81. The van der Waals surface area contributed by atoms with Crippen molar-refractivity contribution in [2.75, 3.05) is 13.1 Å². The second kappa shape index (κ2) is 8.84. The molecule has 3 aromatic carbocycles. The highest BCUT2D eigenvalue weighted by Gasteiger charge is 2.35. The fraction of sp³-hybridized carbons (Fsp3) is 0.296. The van der Waals surface area contributed by atoms with Gasteiger partial charge in [-0.25, -0.2) is 0 Å². The molecule has 0 N–H and O–H groups in total. The van der Waals surface area contributed by atoms with Crippen molar-refractivity contribution in [3.63, 3.8) is 0 Å². The summed E-state index contributed by atoms with van der Waals surface area (Å²) in [5.41, 5.74) is 2.28. The average Bonchev–Trinajstić information content (AvgIpc) is 3.67. The molecule has 31 heavy (non-hydrogen) atoms. The van der Waals surface area contributed by atoms with Crippen LogP contribution in [0.1, 0.15) is 25.7 Å². The molecule has 1 saturated carbocycles. The third-order valence-corrected chi connectivity index (χ3v) is 6.00. The lowest BCUT2D eigenvalue weighted by molar-refractivity contribution is -0.134. The number of rotatable bonds is 6. The highest BCUT2D eigenvalue weighted by Crippen LogP contribution is 2.32. The van der Waals surface area contributed by atoms with E-state index in [0.29, 0.717) is 11.8 Å². The van der Waals surface area contributed by atoms with E-state index in [1.54, 1.807) is 0 Å². The standard InChI is InChI=1S/C27H27NO3/c29-27(22-6-7-22)28-18-16-26(17-19-28)31-25-14-10-21(11-15-25)20-8-12-24(13-9-20)30-23-4-2-1-3-5-23/h1-5,8-15,22,26H,6-7,16-19H2. The van der Waals surface area contributed by atoms with Crippen molar-refractivity contribution >= 4 is 5.91 Å². The third-order valence-electron chi connectivity index (χ3n) is 6.00. The molecule has 2 fully saturated rings. The largest absolute Gasteiger partial charge is 0.490 e. The molecule has 0 atom stereocenters. The van der Waals surface area contributed by atoms with Crippen LogP contribution in [0.3, 0.4) is 0 Å². The van der Waals surface area contributed by atoms with Gasteiger partial charge >= 0.3 is 0 Å². The Balaban J connectivity index is 1.15. The summed E-state index contributed by atoms with van der Waals surface area (Å²) in [6, 6.07) is 26.2. The molecular formula is C27H27NO3. The SMILES string of the molecule is O=C(C1CC1)N1CCC(Oc2ccc(-c3ccc(Oc4ccccc4)cc3)cc2)CC1. The lowest BCUT2D eigenvalue weighted by Gasteiger charge is -2.32. The Morgan fingerprint density at radius 3 is 1.81 bits per heavy atom. The van der Waals surface area contributed by atoms with Crippen molar-refractivity contribution in [2.24, 2.45) is 5.92 Å². The van der Waals surface area contributed by atoms with E-state index < -0.39 is 0 Å². The first-order valence-corrected chi connectivity index (χ1v) is 11.1. The van der Waals surface area contributed by atoms with Crippen LogP contribution in [0.15, 0.2) is 78.9 Å². The molecule has 0 radical (unpaired) electrons. The summed E-state index contributed by atoms with van der Waals surface area (Å²) in [7, 11) is 0. The van der Waals surface area contributed by atoms with Gasteiger partial charge in [0.2, 0.25) is 5.91 Å². The van der Waals surface area contributed by atoms with Crippen LogP contribution in [0.2, 0.25) is 0 Å². The minimum Gasteiger partial charge on any atom is -0.490 e. The highest BCUT2D eigenvalue weighted by atomic mass is 16.5. The van der Waals surface area contributed by atoms with Crippen LogP contribution in [0.5, 0.6) is 17.2 Å². The smallest absolute Gasteiger partial charge is 0.225 e. The number of carbonyl (C=O) groups excluding carboxylic acids is 1. The van der Waals surface area contributed by atoms with Gasteiger partial charge < -0.3 is 14.4 Å². The summed E-state index contributed by atoms with van der Waals surface area (Å²) >= 11 is 0. The van der Waals surface area contributed by atoms with Crippen LogP contribution in [-0.4, -0.2) is 30.0 Å². The number of benzene rings is 3. The molecule has 1 heterocycles. The van der Waals surface area contributed by atoms with Gasteiger partial charge in [-0.15, -0.1) is 0 Å². The van der Waals surface area contributed by atoms with Crippen molar-refractivity contribution in [1.29, 1.82) is 0 Å². The molecular weight excluding hydrogens is 386 g/mol. The second-order valence-electron chi connectivity index (χ2n) is 8.38. The molecule has 5 rings (SSSR count). The Bertz CT molecular complexity index is 1000. The summed E-state index contributed by atoms with van der Waals surface area (Å²) in [5.74, 6) is 3.20. The lowest BCUT2D eigenvalue weighted by Crippen LogP contribution is -2.42. The molecule has 3 aromatic rings. The van der Waals surface area contributed by atoms with E-state index in [1.165, 1.54) is 0 Å². The maximum absolute atomic E-state index is 12.2. The Morgan fingerprint density at radius 2 is 1.23 bits per heavy atom. The molecule has 1 aliphatic heterocycles. The number of piperidine rings is 1. The summed E-state index contributed by atoms with van der Waals surface area (Å²) in [6.07, 6.45) is 4.14. The number of hydrogen-bond donors (Lipinski definition) is 0. The normalized spacial score (nSPS) is 16.7. The molecule has 4 nitrogen and oxygen atoms in total. The summed E-state index contributed by atoms with van der Waals surface area (Å²) < 4.78 is 12.0. The second-order valence-corrected chi connectivity index (χ2v) is 8.38. The van der Waals surface area contributed by atoms with Gasteiger partial charge in [-0.05, 0) is 60.4 Å². The van der Waals surface area contributed by atoms with Crippen LogP contribution >= 0.6 is 0 Å². The molecule has 0 unspecified atom stereocenters. The van der Waals surface area contributed by atoms with Gasteiger partial charge in [0, 0.05) is 31.8 Å². The van der Waals surface area contributed by atoms with Crippen molar-refractivity contribution < 1.29 is 14.3 Å². The fourth-order valence-electron chi connectivity index (χ4n) is 4.04. The number of likely N-dealkylation sites (tertiary alicyclic amines) is 1. The van der Waals surface area contributed by atoms with E-state index >= 15 is 0 Å². The molecule has 1 saturated heterocycles. The zero-order valence-corrected chi connectivity index (χ0v) is 17.6. The fourth-order valence-corrected chi connectivity index (χ4v) is 4.04. The van der Waals surface area contributed by atoms with E-state index in [1.807, 2.05) is 59.5 Å². The molecule has 0 spiro atoms. The Hall–Kier alpha value is -3.27. The number of ether oxygens (including phenoxy) is 2. The molecule has 158 valence electrons. The number of hydrogen-bond acceptors (Lipinski definition) is 3. The van der Waals surface area contributed by atoms with Crippen molar-refractivity contribution in [2.45, 2.75) is 31.8 Å². The van der Waals surface area contributed by atoms with Crippen molar-refractivity contribution in [3.05, 3.63) is 78.9 Å². The van der Waals surface area contributed by atoms with Crippen LogP contribution in [-0.2, 0) is 4.79 Å². The quantitative estimate of drug-likeness (QED) is 0.503. The van der Waals surface area contributed by atoms with E-state index in [-0.39, 0.29) is 6.10 Å². The summed E-state index contributed by atoms with van der Waals surface area (Å²) in [6.45, 7) is 1.63. The summed E-state index contributed by atoms with van der Waals surface area (Å²) in [5, 5.41) is 0. The zero-order chi connectivity index (χ0) is 21.0. The monoisotopic (exact) mass is 413 g/mol. The first-order chi connectivity index (χ1) is 15.2. The van der Waals surface area contributed by atoms with E-state index in [4.69, 9.17) is 9.47 Å². The molecule has 0 aromatic heterocycles. The average molecular weight is 414 g/mol. The topological polar surface area (TPSA) is 38.8 Å². The van der Waals surface area contributed by atoms with Gasteiger partial charge in [0.1, 0.15) is 23.4 Å². The van der Waals surface area contributed by atoms with Crippen LogP contribution in [0.25, 0.3) is 11.1 Å². The first kappa shape index (κ1) is 19.7. The number of nitrogens with zero attached hydrogens (tertiary/aromatic N) is 1. The van der Waals surface area contributed by atoms with Gasteiger partial charge in [0.15, 0.2) is 0 Å². The van der Waals surface area contributed by atoms with Gasteiger partial charge in [-0.1, -0.05) is 42.5 Å². The summed E-state index contributed by atoms with van der Waals surface area (Å²) in [4.78, 5) is 14.2. The molecule has 4 heteroatoms. The number of carbonyl (C=O) groups is 1. The van der Waals surface area contributed by atoms with E-state index in [0.717, 1.165) is 67.1 Å². The maximum Gasteiger partial charge on any atom is 0.225 e. The predicted molar refractivity (Wildman–Crippen MR) is 121 cm³/mol.